The van der Waals surface area contributed by atoms with E-state index in [9.17, 15) is 14.0 Å². The van der Waals surface area contributed by atoms with Crippen LogP contribution >= 0.6 is 0 Å². The molecule has 2 aromatic carbocycles. The summed E-state index contributed by atoms with van der Waals surface area (Å²) in [4.78, 5) is 26.0. The lowest BCUT2D eigenvalue weighted by Gasteiger charge is -2.08. The van der Waals surface area contributed by atoms with Crippen molar-refractivity contribution in [2.24, 2.45) is 7.05 Å². The first-order valence-electron chi connectivity index (χ1n) is 9.79. The van der Waals surface area contributed by atoms with Crippen molar-refractivity contribution in [3.8, 4) is 22.8 Å². The van der Waals surface area contributed by atoms with Gasteiger partial charge >= 0.3 is 0 Å². The minimum Gasteiger partial charge on any atom is -0.496 e. The smallest absolute Gasteiger partial charge is 0.295 e. The molecule has 0 radical (unpaired) electrons. The van der Waals surface area contributed by atoms with Crippen molar-refractivity contribution in [1.29, 1.82) is 0 Å². The third-order valence-electron chi connectivity index (χ3n) is 5.36. The van der Waals surface area contributed by atoms with Crippen LogP contribution in [0.4, 0.5) is 10.1 Å². The van der Waals surface area contributed by atoms with Crippen LogP contribution < -0.4 is 15.6 Å². The van der Waals surface area contributed by atoms with E-state index in [1.54, 1.807) is 39.1 Å². The fourth-order valence-corrected chi connectivity index (χ4v) is 3.55. The van der Waals surface area contributed by atoms with Crippen LogP contribution in [0.5, 0.6) is 5.75 Å². The summed E-state index contributed by atoms with van der Waals surface area (Å²) in [6, 6.07) is 13.1. The number of benzene rings is 2. The van der Waals surface area contributed by atoms with Crippen LogP contribution in [0, 0.1) is 19.7 Å². The molecule has 9 heteroatoms. The number of rotatable bonds is 5. The zero-order chi connectivity index (χ0) is 23.0. The normalized spacial score (nSPS) is 10.9. The molecule has 32 heavy (non-hydrogen) atoms. The molecule has 1 N–H and O–H groups in total. The Labute approximate surface area is 182 Å². The summed E-state index contributed by atoms with van der Waals surface area (Å²) in [5, 5.41) is 6.52. The van der Waals surface area contributed by atoms with Crippen LogP contribution in [0.3, 0.4) is 0 Å². The SMILES string of the molecule is COc1ccccc1-c1onc(C(=O)Nc2c(C)n(C)n(-c3ccccc3F)c2=O)c1C. The second-order valence-corrected chi connectivity index (χ2v) is 7.19. The molecule has 4 rings (SSSR count). The number of hydrogen-bond acceptors (Lipinski definition) is 5. The van der Waals surface area contributed by atoms with Gasteiger partial charge in [0.25, 0.3) is 11.5 Å². The van der Waals surface area contributed by atoms with Crippen molar-refractivity contribution < 1.29 is 18.4 Å². The Morgan fingerprint density at radius 1 is 1.12 bits per heavy atom. The molecule has 0 saturated carbocycles. The number of carbonyl (C=O) groups excluding carboxylic acids is 1. The van der Waals surface area contributed by atoms with Crippen molar-refractivity contribution in [1.82, 2.24) is 14.5 Å². The fourth-order valence-electron chi connectivity index (χ4n) is 3.55. The van der Waals surface area contributed by atoms with Crippen LogP contribution in [-0.2, 0) is 7.05 Å². The zero-order valence-corrected chi connectivity index (χ0v) is 18.0. The van der Waals surface area contributed by atoms with Gasteiger partial charge in [0.15, 0.2) is 11.5 Å². The highest BCUT2D eigenvalue weighted by Crippen LogP contribution is 2.33. The summed E-state index contributed by atoms with van der Waals surface area (Å²) in [6.45, 7) is 3.35. The van der Waals surface area contributed by atoms with Gasteiger partial charge in [-0.15, -0.1) is 0 Å². The summed E-state index contributed by atoms with van der Waals surface area (Å²) >= 11 is 0. The molecule has 8 nitrogen and oxygen atoms in total. The highest BCUT2D eigenvalue weighted by atomic mass is 19.1. The Bertz CT molecular complexity index is 1380. The lowest BCUT2D eigenvalue weighted by Crippen LogP contribution is -2.24. The predicted octanol–water partition coefficient (Wildman–Crippen LogP) is 3.85. The van der Waals surface area contributed by atoms with Crippen molar-refractivity contribution in [2.45, 2.75) is 13.8 Å². The van der Waals surface area contributed by atoms with Gasteiger partial charge in [-0.2, -0.15) is 0 Å². The number of nitrogens with zero attached hydrogens (tertiary/aromatic N) is 3. The van der Waals surface area contributed by atoms with Crippen molar-refractivity contribution in [3.63, 3.8) is 0 Å². The Morgan fingerprint density at radius 3 is 2.53 bits per heavy atom. The molecule has 0 aliphatic rings. The molecule has 0 spiro atoms. The van der Waals surface area contributed by atoms with E-state index in [1.807, 2.05) is 12.1 Å². The third-order valence-corrected chi connectivity index (χ3v) is 5.36. The number of halogens is 1. The number of ether oxygens (including phenoxy) is 1. The standard InChI is InChI=1S/C23H21FN4O4/c1-13-19(26-32-21(13)15-9-5-8-12-18(15)31-4)22(29)25-20-14(2)27(3)28(23(20)30)17-11-7-6-10-16(17)24/h5-12H,1-4H3,(H,25,29). The van der Waals surface area contributed by atoms with Gasteiger partial charge in [0.2, 0.25) is 0 Å². The number of anilines is 1. The van der Waals surface area contributed by atoms with E-state index in [1.165, 1.54) is 30.0 Å². The van der Waals surface area contributed by atoms with Crippen LogP contribution in [-0.4, -0.2) is 27.5 Å². The number of aromatic nitrogens is 3. The number of amides is 1. The summed E-state index contributed by atoms with van der Waals surface area (Å²) in [5.41, 5.74) is 1.19. The number of para-hydroxylation sites is 2. The van der Waals surface area contributed by atoms with Crippen LogP contribution in [0.15, 0.2) is 57.8 Å². The lowest BCUT2D eigenvalue weighted by molar-refractivity contribution is 0.101. The molecule has 0 bridgehead atoms. The van der Waals surface area contributed by atoms with E-state index < -0.39 is 17.3 Å². The molecule has 2 heterocycles. The monoisotopic (exact) mass is 436 g/mol. The first-order chi connectivity index (χ1) is 15.3. The summed E-state index contributed by atoms with van der Waals surface area (Å²) in [6.07, 6.45) is 0. The molecule has 164 valence electrons. The largest absolute Gasteiger partial charge is 0.496 e. The van der Waals surface area contributed by atoms with Gasteiger partial charge in [0, 0.05) is 12.6 Å². The number of methoxy groups -OCH3 is 1. The molecule has 0 aliphatic carbocycles. The van der Waals surface area contributed by atoms with Crippen LogP contribution in [0.1, 0.15) is 21.7 Å². The van der Waals surface area contributed by atoms with Crippen molar-refractivity contribution in [3.05, 3.63) is 81.7 Å². The van der Waals surface area contributed by atoms with Gasteiger partial charge in [-0.1, -0.05) is 29.4 Å². The average Bonchev–Trinajstić information content (AvgIpc) is 3.27. The van der Waals surface area contributed by atoms with E-state index >= 15 is 0 Å². The molecule has 0 aliphatic heterocycles. The molecule has 0 fully saturated rings. The van der Waals surface area contributed by atoms with E-state index in [-0.39, 0.29) is 17.1 Å². The Morgan fingerprint density at radius 2 is 1.81 bits per heavy atom. The first kappa shape index (κ1) is 21.1. The molecule has 0 unspecified atom stereocenters. The summed E-state index contributed by atoms with van der Waals surface area (Å²) in [7, 11) is 3.15. The highest BCUT2D eigenvalue weighted by Gasteiger charge is 2.25. The van der Waals surface area contributed by atoms with Gasteiger partial charge in [-0.3, -0.25) is 14.3 Å². The lowest BCUT2D eigenvalue weighted by atomic mass is 10.1. The second-order valence-electron chi connectivity index (χ2n) is 7.19. The maximum absolute atomic E-state index is 14.3. The zero-order valence-electron chi connectivity index (χ0n) is 18.0. The minimum atomic E-state index is -0.612. The Balaban J connectivity index is 1.71. The molecule has 4 aromatic rings. The Kier molecular flexibility index (Phi) is 5.40. The van der Waals surface area contributed by atoms with Gasteiger partial charge in [0.1, 0.15) is 22.9 Å². The van der Waals surface area contributed by atoms with Crippen molar-refractivity contribution in [2.75, 3.05) is 12.4 Å². The number of hydrogen-bond donors (Lipinski definition) is 1. The van der Waals surface area contributed by atoms with E-state index in [0.717, 1.165) is 4.68 Å². The maximum atomic E-state index is 14.3. The topological polar surface area (TPSA) is 91.3 Å². The minimum absolute atomic E-state index is 0.0296. The molecular formula is C23H21FN4O4. The highest BCUT2D eigenvalue weighted by molar-refractivity contribution is 6.04. The molecule has 0 atom stereocenters. The molecule has 2 aromatic heterocycles. The van der Waals surface area contributed by atoms with Gasteiger partial charge < -0.3 is 14.6 Å². The van der Waals surface area contributed by atoms with E-state index in [4.69, 9.17) is 9.26 Å². The summed E-state index contributed by atoms with van der Waals surface area (Å²) < 4.78 is 27.7. The Hall–Kier alpha value is -4.14. The molecule has 1 amide bonds. The average molecular weight is 436 g/mol. The predicted molar refractivity (Wildman–Crippen MR) is 117 cm³/mol. The first-order valence-corrected chi connectivity index (χ1v) is 9.79. The molecular weight excluding hydrogens is 415 g/mol. The second kappa shape index (κ2) is 8.18. The fraction of sp³-hybridized carbons (Fsp3) is 0.174. The third kappa shape index (κ3) is 3.37. The maximum Gasteiger partial charge on any atom is 0.295 e. The van der Waals surface area contributed by atoms with E-state index in [0.29, 0.717) is 28.3 Å². The van der Waals surface area contributed by atoms with Crippen LogP contribution in [0.2, 0.25) is 0 Å². The summed E-state index contributed by atoms with van der Waals surface area (Å²) in [5.74, 6) is -0.202. The number of nitrogens with one attached hydrogen (secondary N) is 1. The van der Waals surface area contributed by atoms with Gasteiger partial charge in [0.05, 0.1) is 18.4 Å². The number of carbonyl (C=O) groups is 1. The van der Waals surface area contributed by atoms with E-state index in [2.05, 4.69) is 10.5 Å². The molecule has 0 saturated heterocycles. The van der Waals surface area contributed by atoms with Gasteiger partial charge in [-0.25, -0.2) is 9.07 Å². The van der Waals surface area contributed by atoms with Crippen LogP contribution in [0.25, 0.3) is 17.0 Å². The van der Waals surface area contributed by atoms with Gasteiger partial charge in [-0.05, 0) is 38.1 Å². The quantitative estimate of drug-likeness (QED) is 0.513. The van der Waals surface area contributed by atoms with Crippen molar-refractivity contribution >= 4 is 11.6 Å².